The Morgan fingerprint density at radius 3 is 2.48 bits per heavy atom. The van der Waals surface area contributed by atoms with Crippen molar-refractivity contribution in [2.75, 3.05) is 51.3 Å². The highest BCUT2D eigenvalue weighted by Crippen LogP contribution is 2.21. The van der Waals surface area contributed by atoms with Gasteiger partial charge >= 0.3 is 0 Å². The number of carbonyl (C=O) groups is 2. The minimum absolute atomic E-state index is 0.0773. The molecule has 1 aromatic heterocycles. The maximum absolute atomic E-state index is 12.7. The Morgan fingerprint density at radius 1 is 1.10 bits per heavy atom. The van der Waals surface area contributed by atoms with Crippen LogP contribution < -0.4 is 10.2 Å². The predicted molar refractivity (Wildman–Crippen MR) is 111 cm³/mol. The molecule has 1 saturated heterocycles. The molecule has 0 aliphatic carbocycles. The topological polar surface area (TPSA) is 87.7 Å². The molecule has 1 fully saturated rings. The summed E-state index contributed by atoms with van der Waals surface area (Å²) in [5.41, 5.74) is 1.19. The molecule has 1 aliphatic rings. The molecule has 8 nitrogen and oxygen atoms in total. The van der Waals surface area contributed by atoms with E-state index in [0.717, 1.165) is 12.0 Å². The lowest BCUT2D eigenvalue weighted by atomic mass is 10.2. The Bertz CT molecular complexity index is 835. The van der Waals surface area contributed by atoms with E-state index in [2.05, 4.69) is 15.2 Å². The summed E-state index contributed by atoms with van der Waals surface area (Å²) >= 11 is 0. The van der Waals surface area contributed by atoms with E-state index in [-0.39, 0.29) is 11.8 Å². The maximum atomic E-state index is 12.7. The summed E-state index contributed by atoms with van der Waals surface area (Å²) in [4.78, 5) is 37.4. The Hall–Kier alpha value is -3.00. The van der Waals surface area contributed by atoms with E-state index in [9.17, 15) is 9.59 Å². The van der Waals surface area contributed by atoms with E-state index in [1.165, 1.54) is 0 Å². The third-order valence-corrected chi connectivity index (χ3v) is 4.84. The minimum atomic E-state index is -0.232. The van der Waals surface area contributed by atoms with Gasteiger partial charge in [-0.25, -0.2) is 9.97 Å². The number of piperazine rings is 1. The standard InChI is InChI=1S/C21H27N5O3/c1-16(27)25-10-12-26(13-11-25)19-15-18(21(28)22-9-6-14-29-2)23-20(24-19)17-7-4-3-5-8-17/h3-5,7-8,15H,6,9-14H2,1-2H3,(H,22,28). The second-order valence-electron chi connectivity index (χ2n) is 6.90. The zero-order valence-corrected chi connectivity index (χ0v) is 16.9. The van der Waals surface area contributed by atoms with Gasteiger partial charge in [0.15, 0.2) is 5.82 Å². The van der Waals surface area contributed by atoms with Crippen LogP contribution in [0.5, 0.6) is 0 Å². The molecule has 3 rings (SSSR count). The quantitative estimate of drug-likeness (QED) is 0.714. The second-order valence-corrected chi connectivity index (χ2v) is 6.90. The molecule has 0 bridgehead atoms. The number of benzene rings is 1. The van der Waals surface area contributed by atoms with E-state index in [1.54, 1.807) is 20.1 Å². The molecular weight excluding hydrogens is 370 g/mol. The Labute approximate surface area is 170 Å². The van der Waals surface area contributed by atoms with Gasteiger partial charge < -0.3 is 19.9 Å². The number of amides is 2. The SMILES string of the molecule is COCCCNC(=O)c1cc(N2CCN(C(C)=O)CC2)nc(-c2ccccc2)n1. The van der Waals surface area contributed by atoms with Crippen molar-refractivity contribution in [1.29, 1.82) is 0 Å². The summed E-state index contributed by atoms with van der Waals surface area (Å²) in [7, 11) is 1.64. The van der Waals surface area contributed by atoms with Gasteiger partial charge in [-0.3, -0.25) is 9.59 Å². The zero-order chi connectivity index (χ0) is 20.6. The van der Waals surface area contributed by atoms with Crippen molar-refractivity contribution in [2.24, 2.45) is 0 Å². The molecule has 1 N–H and O–H groups in total. The maximum Gasteiger partial charge on any atom is 0.270 e. The number of anilines is 1. The lowest BCUT2D eigenvalue weighted by Gasteiger charge is -2.35. The van der Waals surface area contributed by atoms with Crippen LogP contribution in [-0.4, -0.2) is 73.1 Å². The fourth-order valence-electron chi connectivity index (χ4n) is 3.19. The van der Waals surface area contributed by atoms with E-state index in [0.29, 0.717) is 56.7 Å². The minimum Gasteiger partial charge on any atom is -0.385 e. The average Bonchev–Trinajstić information content (AvgIpc) is 2.77. The van der Waals surface area contributed by atoms with Crippen molar-refractivity contribution in [3.63, 3.8) is 0 Å². The molecule has 154 valence electrons. The van der Waals surface area contributed by atoms with Crippen molar-refractivity contribution in [2.45, 2.75) is 13.3 Å². The van der Waals surface area contributed by atoms with Crippen molar-refractivity contribution in [1.82, 2.24) is 20.2 Å². The molecule has 0 radical (unpaired) electrons. The number of carbonyl (C=O) groups excluding carboxylic acids is 2. The largest absolute Gasteiger partial charge is 0.385 e. The smallest absolute Gasteiger partial charge is 0.270 e. The van der Waals surface area contributed by atoms with Crippen LogP contribution >= 0.6 is 0 Å². The lowest BCUT2D eigenvalue weighted by Crippen LogP contribution is -2.48. The number of nitrogens with zero attached hydrogens (tertiary/aromatic N) is 4. The summed E-state index contributed by atoms with van der Waals surface area (Å²) in [6, 6.07) is 11.3. The first-order valence-electron chi connectivity index (χ1n) is 9.80. The van der Waals surface area contributed by atoms with Crippen molar-refractivity contribution >= 4 is 17.6 Å². The van der Waals surface area contributed by atoms with Gasteiger partial charge in [-0.1, -0.05) is 30.3 Å². The van der Waals surface area contributed by atoms with Crippen LogP contribution in [0.25, 0.3) is 11.4 Å². The van der Waals surface area contributed by atoms with Crippen molar-refractivity contribution in [3.8, 4) is 11.4 Å². The van der Waals surface area contributed by atoms with Gasteiger partial charge in [-0.15, -0.1) is 0 Å². The lowest BCUT2D eigenvalue weighted by molar-refractivity contribution is -0.129. The normalized spacial score (nSPS) is 14.0. The highest BCUT2D eigenvalue weighted by molar-refractivity contribution is 5.93. The summed E-state index contributed by atoms with van der Waals surface area (Å²) in [5.74, 6) is 1.06. The molecule has 29 heavy (non-hydrogen) atoms. The van der Waals surface area contributed by atoms with E-state index in [4.69, 9.17) is 9.72 Å². The average molecular weight is 397 g/mol. The number of hydrogen-bond acceptors (Lipinski definition) is 6. The van der Waals surface area contributed by atoms with Crippen LogP contribution in [-0.2, 0) is 9.53 Å². The fraction of sp³-hybridized carbons (Fsp3) is 0.429. The Morgan fingerprint density at radius 2 is 1.83 bits per heavy atom. The molecule has 2 heterocycles. The zero-order valence-electron chi connectivity index (χ0n) is 16.9. The van der Waals surface area contributed by atoms with Crippen molar-refractivity contribution in [3.05, 3.63) is 42.1 Å². The monoisotopic (exact) mass is 397 g/mol. The van der Waals surface area contributed by atoms with Crippen LogP contribution in [0.15, 0.2) is 36.4 Å². The van der Waals surface area contributed by atoms with Gasteiger partial charge in [0.1, 0.15) is 11.5 Å². The number of ether oxygens (including phenoxy) is 1. The van der Waals surface area contributed by atoms with E-state index in [1.807, 2.05) is 35.2 Å². The van der Waals surface area contributed by atoms with Crippen LogP contribution in [0.4, 0.5) is 5.82 Å². The molecular formula is C21H27N5O3. The highest BCUT2D eigenvalue weighted by atomic mass is 16.5. The van der Waals surface area contributed by atoms with Crippen LogP contribution in [0.2, 0.25) is 0 Å². The highest BCUT2D eigenvalue weighted by Gasteiger charge is 2.22. The van der Waals surface area contributed by atoms with Crippen molar-refractivity contribution < 1.29 is 14.3 Å². The second kappa shape index (κ2) is 9.97. The summed E-state index contributed by atoms with van der Waals surface area (Å²) in [6.07, 6.45) is 0.735. The third kappa shape index (κ3) is 5.51. The first-order valence-corrected chi connectivity index (χ1v) is 9.80. The molecule has 2 amide bonds. The number of hydrogen-bond donors (Lipinski definition) is 1. The molecule has 0 saturated carbocycles. The number of rotatable bonds is 7. The van der Waals surface area contributed by atoms with Crippen LogP contribution in [0.1, 0.15) is 23.8 Å². The van der Waals surface area contributed by atoms with Gasteiger partial charge in [0.25, 0.3) is 5.91 Å². The summed E-state index contributed by atoms with van der Waals surface area (Å²) in [5, 5.41) is 2.88. The fourth-order valence-corrected chi connectivity index (χ4v) is 3.19. The molecule has 1 aromatic carbocycles. The molecule has 8 heteroatoms. The number of aromatic nitrogens is 2. The molecule has 0 atom stereocenters. The van der Waals surface area contributed by atoms with Gasteiger partial charge in [0.05, 0.1) is 0 Å². The Kier molecular flexibility index (Phi) is 7.13. The number of methoxy groups -OCH3 is 1. The molecule has 1 aliphatic heterocycles. The summed E-state index contributed by atoms with van der Waals surface area (Å²) in [6.45, 7) is 5.30. The predicted octanol–water partition coefficient (Wildman–Crippen LogP) is 1.58. The molecule has 2 aromatic rings. The van der Waals surface area contributed by atoms with Gasteiger partial charge in [-0.2, -0.15) is 0 Å². The van der Waals surface area contributed by atoms with Crippen LogP contribution in [0.3, 0.4) is 0 Å². The Balaban J connectivity index is 1.83. The van der Waals surface area contributed by atoms with Gasteiger partial charge in [0.2, 0.25) is 5.91 Å². The first kappa shape index (κ1) is 20.7. The molecule has 0 unspecified atom stereocenters. The van der Waals surface area contributed by atoms with Crippen LogP contribution in [0, 0.1) is 0 Å². The first-order chi connectivity index (χ1) is 14.1. The molecule has 0 spiro atoms. The number of nitrogens with one attached hydrogen (secondary N) is 1. The van der Waals surface area contributed by atoms with Gasteiger partial charge in [0, 0.05) is 65.0 Å². The summed E-state index contributed by atoms with van der Waals surface area (Å²) < 4.78 is 5.02. The third-order valence-electron chi connectivity index (χ3n) is 4.84. The van der Waals surface area contributed by atoms with E-state index < -0.39 is 0 Å². The van der Waals surface area contributed by atoms with Gasteiger partial charge in [-0.05, 0) is 6.42 Å². The van der Waals surface area contributed by atoms with E-state index >= 15 is 0 Å².